The highest BCUT2D eigenvalue weighted by Crippen LogP contribution is 2.41. The van der Waals surface area contributed by atoms with Crippen LogP contribution in [0.25, 0.3) is 22.1 Å². The molecule has 0 radical (unpaired) electrons. The summed E-state index contributed by atoms with van der Waals surface area (Å²) >= 11 is 1.86. The Kier molecular flexibility index (Phi) is 6.23. The van der Waals surface area contributed by atoms with Crippen molar-refractivity contribution < 1.29 is 27.8 Å². The van der Waals surface area contributed by atoms with Crippen molar-refractivity contribution in [2.24, 2.45) is 7.05 Å². The van der Waals surface area contributed by atoms with Gasteiger partial charge in [0, 0.05) is 26.6 Å². The average Bonchev–Trinajstić information content (AvgIpc) is 3.50. The van der Waals surface area contributed by atoms with Crippen molar-refractivity contribution in [1.82, 2.24) is 29.2 Å². The van der Waals surface area contributed by atoms with Crippen LogP contribution in [0.4, 0.5) is 19.0 Å². The van der Waals surface area contributed by atoms with Gasteiger partial charge in [0.1, 0.15) is 38.9 Å². The lowest BCUT2D eigenvalue weighted by Crippen LogP contribution is -2.44. The number of anilines is 1. The fourth-order valence-electron chi connectivity index (χ4n) is 6.10. The minimum atomic E-state index is -2.80. The summed E-state index contributed by atoms with van der Waals surface area (Å²) in [5.41, 5.74) is -0.173. The fraction of sp³-hybridized carbons (Fsp3) is 0.696. The van der Waals surface area contributed by atoms with Crippen LogP contribution in [0.3, 0.4) is 0 Å². The molecule has 3 aromatic rings. The maximum absolute atomic E-state index is 14.3. The number of hydrogen-bond donors (Lipinski definition) is 1. The molecule has 3 atom stereocenters. The first-order valence-corrected chi connectivity index (χ1v) is 13.5. The van der Waals surface area contributed by atoms with Gasteiger partial charge in [-0.05, 0) is 48.9 Å². The molecule has 0 saturated carbocycles. The minimum Gasteiger partial charge on any atom is -0.461 e. The standard InChI is InChI=1S/C23H29F3IN7O3/c1-22(35)10-32(6-7-36-11-22)19-14-15-16(17(27)34(30-15)20(25)26)31(2)18(14)28-21(29-19)37-12-23-4-3-5-33(23)9-13(24)8-23/h13,20,35H,3-12H2,1-2H3/t13-,22+,23+/m1/s1. The van der Waals surface area contributed by atoms with Crippen LogP contribution < -0.4 is 9.64 Å². The van der Waals surface area contributed by atoms with Gasteiger partial charge >= 0.3 is 12.6 Å². The van der Waals surface area contributed by atoms with Crippen LogP contribution in [0.1, 0.15) is 32.7 Å². The molecule has 1 N–H and O–H groups in total. The molecule has 10 nitrogen and oxygen atoms in total. The van der Waals surface area contributed by atoms with E-state index in [9.17, 15) is 18.3 Å². The monoisotopic (exact) mass is 635 g/mol. The molecule has 3 saturated heterocycles. The van der Waals surface area contributed by atoms with Gasteiger partial charge in [0.05, 0.1) is 30.7 Å². The number of alkyl halides is 3. The zero-order chi connectivity index (χ0) is 26.1. The second kappa shape index (κ2) is 9.09. The number of rotatable bonds is 5. The second-order valence-corrected chi connectivity index (χ2v) is 11.7. The van der Waals surface area contributed by atoms with Crippen molar-refractivity contribution >= 4 is 50.5 Å². The number of aryl methyl sites for hydroxylation is 1. The highest BCUT2D eigenvalue weighted by molar-refractivity contribution is 14.1. The topological polar surface area (TPSA) is 93.7 Å². The van der Waals surface area contributed by atoms with E-state index in [1.165, 1.54) is 0 Å². The third-order valence-electron chi connectivity index (χ3n) is 7.73. The highest BCUT2D eigenvalue weighted by atomic mass is 127. The van der Waals surface area contributed by atoms with Gasteiger partial charge in [-0.1, -0.05) is 0 Å². The first kappa shape index (κ1) is 25.4. The smallest absolute Gasteiger partial charge is 0.334 e. The van der Waals surface area contributed by atoms with Gasteiger partial charge in [-0.3, -0.25) is 4.90 Å². The Labute approximate surface area is 224 Å². The molecule has 0 bridgehead atoms. The first-order valence-electron chi connectivity index (χ1n) is 12.4. The van der Waals surface area contributed by atoms with E-state index in [0.717, 1.165) is 19.4 Å². The number of halogens is 4. The van der Waals surface area contributed by atoms with Crippen LogP contribution in [-0.4, -0.2) is 97.6 Å². The molecule has 37 heavy (non-hydrogen) atoms. The number of aromatic nitrogens is 5. The predicted octanol–water partition coefficient (Wildman–Crippen LogP) is 2.86. The van der Waals surface area contributed by atoms with Crippen LogP contribution in [0.5, 0.6) is 6.01 Å². The number of aliphatic hydroxyl groups is 1. The van der Waals surface area contributed by atoms with Crippen molar-refractivity contribution in [3.05, 3.63) is 3.70 Å². The molecule has 0 amide bonds. The van der Waals surface area contributed by atoms with E-state index in [-0.39, 0.29) is 35.0 Å². The molecule has 6 heterocycles. The number of nitrogens with zero attached hydrogens (tertiary/aromatic N) is 7. The van der Waals surface area contributed by atoms with Crippen LogP contribution in [0.15, 0.2) is 0 Å². The van der Waals surface area contributed by atoms with Crippen molar-refractivity contribution in [1.29, 1.82) is 0 Å². The molecule has 202 valence electrons. The molecule has 0 aliphatic carbocycles. The Morgan fingerprint density at radius 3 is 2.89 bits per heavy atom. The molecule has 3 aliphatic heterocycles. The summed E-state index contributed by atoms with van der Waals surface area (Å²) in [5.74, 6) is 0.433. The van der Waals surface area contributed by atoms with E-state index in [0.29, 0.717) is 58.7 Å². The molecule has 0 spiro atoms. The highest BCUT2D eigenvalue weighted by Gasteiger charge is 2.49. The van der Waals surface area contributed by atoms with E-state index < -0.39 is 18.3 Å². The molecule has 6 rings (SSSR count). The van der Waals surface area contributed by atoms with Gasteiger partial charge < -0.3 is 24.0 Å². The fourth-order valence-corrected chi connectivity index (χ4v) is 7.04. The van der Waals surface area contributed by atoms with E-state index in [1.54, 1.807) is 18.5 Å². The lowest BCUT2D eigenvalue weighted by molar-refractivity contribution is -0.0123. The number of β-amino-alcohol motifs (C(OH)–C–C–N with tert-alkyl or cyclic N) is 1. The van der Waals surface area contributed by atoms with Crippen molar-refractivity contribution in [2.45, 2.75) is 50.0 Å². The molecular weight excluding hydrogens is 606 g/mol. The van der Waals surface area contributed by atoms with E-state index in [1.807, 2.05) is 27.5 Å². The number of hydrogen-bond acceptors (Lipinski definition) is 8. The van der Waals surface area contributed by atoms with Gasteiger partial charge in [0.15, 0.2) is 5.65 Å². The minimum absolute atomic E-state index is 0.121. The summed E-state index contributed by atoms with van der Waals surface area (Å²) in [6.45, 7) is 1.55. The summed E-state index contributed by atoms with van der Waals surface area (Å²) < 4.78 is 56.1. The summed E-state index contributed by atoms with van der Waals surface area (Å²) in [6, 6.07) is 0.121. The molecule has 14 heteroatoms. The maximum Gasteiger partial charge on any atom is 0.334 e. The summed E-state index contributed by atoms with van der Waals surface area (Å²) in [6.07, 6.45) is 1.38. The molecule has 3 aromatic heterocycles. The third kappa shape index (κ3) is 4.23. The number of fused-ring (bicyclic) bond motifs is 4. The zero-order valence-electron chi connectivity index (χ0n) is 20.6. The lowest BCUT2D eigenvalue weighted by Gasteiger charge is -2.31. The van der Waals surface area contributed by atoms with Crippen molar-refractivity contribution in [2.75, 3.05) is 50.9 Å². The Bertz CT molecular complexity index is 1350. The zero-order valence-corrected chi connectivity index (χ0v) is 22.8. The van der Waals surface area contributed by atoms with Gasteiger partial charge in [-0.25, -0.2) is 4.39 Å². The van der Waals surface area contributed by atoms with Gasteiger partial charge in [-0.15, -0.1) is 0 Å². The van der Waals surface area contributed by atoms with E-state index in [2.05, 4.69) is 15.0 Å². The Morgan fingerprint density at radius 1 is 1.30 bits per heavy atom. The van der Waals surface area contributed by atoms with Crippen LogP contribution in [-0.2, 0) is 11.8 Å². The van der Waals surface area contributed by atoms with Gasteiger partial charge in [-0.2, -0.15) is 28.5 Å². The predicted molar refractivity (Wildman–Crippen MR) is 138 cm³/mol. The molecule has 0 unspecified atom stereocenters. The average molecular weight is 635 g/mol. The largest absolute Gasteiger partial charge is 0.461 e. The van der Waals surface area contributed by atoms with Crippen molar-refractivity contribution in [3.8, 4) is 6.01 Å². The number of ether oxygens (including phenoxy) is 2. The van der Waals surface area contributed by atoms with Crippen molar-refractivity contribution in [3.63, 3.8) is 0 Å². The van der Waals surface area contributed by atoms with Gasteiger partial charge in [0.2, 0.25) is 0 Å². The van der Waals surface area contributed by atoms with Crippen LogP contribution in [0, 0.1) is 3.70 Å². The summed E-state index contributed by atoms with van der Waals surface area (Å²) in [4.78, 5) is 13.4. The first-order chi connectivity index (χ1) is 17.6. The van der Waals surface area contributed by atoms with Crippen LogP contribution >= 0.6 is 22.6 Å². The normalized spacial score (nSPS) is 29.1. The summed E-state index contributed by atoms with van der Waals surface area (Å²) in [5, 5.41) is 15.6. The second-order valence-electron chi connectivity index (χ2n) is 10.6. The third-order valence-corrected chi connectivity index (χ3v) is 8.74. The van der Waals surface area contributed by atoms with E-state index in [4.69, 9.17) is 14.5 Å². The maximum atomic E-state index is 14.3. The SMILES string of the molecule is Cn1c2nc(OC[C@@]34CCCN3C[C@H](F)C4)nc(N3CCOC[C@@](C)(O)C3)c2c2nn(C(F)F)c(I)c21. The molecular formula is C23H29F3IN7O3. The lowest BCUT2D eigenvalue weighted by atomic mass is 9.95. The Hall–Kier alpha value is -1.91. The Balaban J connectivity index is 1.47. The molecule has 3 fully saturated rings. The Morgan fingerprint density at radius 2 is 2.11 bits per heavy atom. The summed E-state index contributed by atoms with van der Waals surface area (Å²) in [7, 11) is 1.74. The molecule has 3 aliphatic rings. The van der Waals surface area contributed by atoms with Crippen LogP contribution in [0.2, 0.25) is 0 Å². The van der Waals surface area contributed by atoms with Gasteiger partial charge in [0.25, 0.3) is 0 Å². The molecule has 0 aromatic carbocycles. The quantitative estimate of drug-likeness (QED) is 0.429. The van der Waals surface area contributed by atoms with E-state index >= 15 is 0 Å².